The number of hydrogen-bond acceptors (Lipinski definition) is 3. The van der Waals surface area contributed by atoms with Gasteiger partial charge >= 0.3 is 0 Å². The lowest BCUT2D eigenvalue weighted by molar-refractivity contribution is 0.460. The van der Waals surface area contributed by atoms with Gasteiger partial charge in [-0.15, -0.1) is 12.4 Å². The predicted octanol–water partition coefficient (Wildman–Crippen LogP) is 1.49. The lowest BCUT2D eigenvalue weighted by Crippen LogP contribution is -2.14. The van der Waals surface area contributed by atoms with Crippen LogP contribution in [0.1, 0.15) is 18.2 Å². The molecule has 18 heavy (non-hydrogen) atoms. The molecule has 0 aliphatic carbocycles. The summed E-state index contributed by atoms with van der Waals surface area (Å²) in [5, 5.41) is 11.3. The molecule has 0 aliphatic rings. The van der Waals surface area contributed by atoms with Gasteiger partial charge < -0.3 is 5.32 Å². The molecule has 0 fully saturated rings. The molecule has 0 saturated carbocycles. The number of aryl methyl sites for hydroxylation is 2. The molecule has 0 amide bonds. The molecule has 0 atom stereocenters. The molecule has 0 bridgehead atoms. The van der Waals surface area contributed by atoms with Crippen LogP contribution in [0.4, 0.5) is 4.39 Å². The van der Waals surface area contributed by atoms with Crippen molar-refractivity contribution >= 4 is 12.4 Å². The Bertz CT molecular complexity index is 493. The van der Waals surface area contributed by atoms with Crippen molar-refractivity contribution in [3.8, 4) is 0 Å². The van der Waals surface area contributed by atoms with E-state index in [1.54, 1.807) is 10.9 Å². The fourth-order valence-electron chi connectivity index (χ4n) is 1.63. The summed E-state index contributed by atoms with van der Waals surface area (Å²) in [4.78, 5) is 0. The molecular weight excluding hydrogens is 257 g/mol. The standard InChI is InChI=1S/C11H16FN5.ClH/c1-3-17-11(12)9(7-14-17)6-13-8-10-4-5-16(2)15-10;/h4-5,7,13H,3,6,8H2,1-2H3;1H. The molecule has 5 nitrogen and oxygen atoms in total. The first kappa shape index (κ1) is 14.7. The van der Waals surface area contributed by atoms with E-state index in [-0.39, 0.29) is 18.4 Å². The average molecular weight is 274 g/mol. The van der Waals surface area contributed by atoms with Crippen LogP contribution in [-0.2, 0) is 26.7 Å². The molecule has 2 aromatic rings. The van der Waals surface area contributed by atoms with Crippen LogP contribution in [-0.4, -0.2) is 19.6 Å². The maximum absolute atomic E-state index is 13.6. The Labute approximate surface area is 111 Å². The van der Waals surface area contributed by atoms with Gasteiger partial charge in [-0.1, -0.05) is 0 Å². The summed E-state index contributed by atoms with van der Waals surface area (Å²) < 4.78 is 16.7. The third-order valence-corrected chi connectivity index (χ3v) is 2.53. The fourth-order valence-corrected chi connectivity index (χ4v) is 1.63. The van der Waals surface area contributed by atoms with Gasteiger partial charge in [0.1, 0.15) is 0 Å². The first-order valence-electron chi connectivity index (χ1n) is 5.60. The molecule has 1 N–H and O–H groups in total. The van der Waals surface area contributed by atoms with Gasteiger partial charge in [0.15, 0.2) is 0 Å². The van der Waals surface area contributed by atoms with E-state index in [1.165, 1.54) is 4.68 Å². The van der Waals surface area contributed by atoms with Crippen molar-refractivity contribution in [2.24, 2.45) is 7.05 Å². The summed E-state index contributed by atoms with van der Waals surface area (Å²) in [5.41, 5.74) is 1.53. The van der Waals surface area contributed by atoms with Gasteiger partial charge in [-0.05, 0) is 13.0 Å². The highest BCUT2D eigenvalue weighted by molar-refractivity contribution is 5.85. The minimum absolute atomic E-state index is 0. The predicted molar refractivity (Wildman–Crippen MR) is 68.9 cm³/mol. The summed E-state index contributed by atoms with van der Waals surface area (Å²) in [6.07, 6.45) is 3.44. The molecule has 0 aliphatic heterocycles. The second-order valence-corrected chi connectivity index (χ2v) is 3.86. The Morgan fingerprint density at radius 3 is 2.72 bits per heavy atom. The minimum Gasteiger partial charge on any atom is -0.307 e. The van der Waals surface area contributed by atoms with Gasteiger partial charge in [0.25, 0.3) is 0 Å². The molecule has 0 aromatic carbocycles. The summed E-state index contributed by atoms with van der Waals surface area (Å²) in [7, 11) is 1.87. The Morgan fingerprint density at radius 2 is 2.17 bits per heavy atom. The van der Waals surface area contributed by atoms with E-state index in [2.05, 4.69) is 15.5 Å². The Kier molecular flexibility index (Phi) is 5.30. The summed E-state index contributed by atoms with van der Waals surface area (Å²) >= 11 is 0. The fraction of sp³-hybridized carbons (Fsp3) is 0.455. The third kappa shape index (κ3) is 3.30. The lowest BCUT2D eigenvalue weighted by atomic mass is 10.3. The zero-order chi connectivity index (χ0) is 12.3. The van der Waals surface area contributed by atoms with E-state index in [9.17, 15) is 4.39 Å². The number of nitrogens with one attached hydrogen (secondary N) is 1. The lowest BCUT2D eigenvalue weighted by Gasteiger charge is -2.01. The van der Waals surface area contributed by atoms with Crippen molar-refractivity contribution in [2.75, 3.05) is 0 Å². The Hall–Kier alpha value is -1.40. The van der Waals surface area contributed by atoms with Crippen molar-refractivity contribution in [1.29, 1.82) is 0 Å². The molecule has 0 saturated heterocycles. The second-order valence-electron chi connectivity index (χ2n) is 3.86. The molecule has 0 unspecified atom stereocenters. The van der Waals surface area contributed by atoms with Crippen LogP contribution in [0.5, 0.6) is 0 Å². The average Bonchev–Trinajstić information content (AvgIpc) is 2.87. The highest BCUT2D eigenvalue weighted by Crippen LogP contribution is 2.06. The van der Waals surface area contributed by atoms with Crippen LogP contribution in [0.25, 0.3) is 0 Å². The molecule has 0 spiro atoms. The Morgan fingerprint density at radius 1 is 1.39 bits per heavy atom. The first-order valence-corrected chi connectivity index (χ1v) is 5.60. The van der Waals surface area contributed by atoms with Gasteiger partial charge in [-0.2, -0.15) is 14.6 Å². The van der Waals surface area contributed by atoms with Crippen LogP contribution in [0.15, 0.2) is 18.5 Å². The topological polar surface area (TPSA) is 47.7 Å². The summed E-state index contributed by atoms with van der Waals surface area (Å²) in [6.45, 7) is 3.49. The van der Waals surface area contributed by atoms with Crippen LogP contribution < -0.4 is 5.32 Å². The largest absolute Gasteiger partial charge is 0.307 e. The van der Waals surface area contributed by atoms with Crippen molar-refractivity contribution in [3.63, 3.8) is 0 Å². The number of aromatic nitrogens is 4. The monoisotopic (exact) mass is 273 g/mol. The minimum atomic E-state index is -0.263. The smallest absolute Gasteiger partial charge is 0.215 e. The van der Waals surface area contributed by atoms with E-state index in [4.69, 9.17) is 0 Å². The van der Waals surface area contributed by atoms with E-state index in [0.29, 0.717) is 25.2 Å². The van der Waals surface area contributed by atoms with Gasteiger partial charge in [0.05, 0.1) is 11.9 Å². The third-order valence-electron chi connectivity index (χ3n) is 2.53. The van der Waals surface area contributed by atoms with Crippen LogP contribution in [0.3, 0.4) is 0 Å². The molecule has 7 heteroatoms. The number of halogens is 2. The van der Waals surface area contributed by atoms with Crippen molar-refractivity contribution in [2.45, 2.75) is 26.6 Å². The number of rotatable bonds is 5. The maximum atomic E-state index is 13.6. The van der Waals surface area contributed by atoms with Crippen molar-refractivity contribution < 1.29 is 4.39 Å². The van der Waals surface area contributed by atoms with Crippen molar-refractivity contribution in [3.05, 3.63) is 35.7 Å². The maximum Gasteiger partial charge on any atom is 0.215 e. The van der Waals surface area contributed by atoms with E-state index >= 15 is 0 Å². The molecule has 2 aromatic heterocycles. The second kappa shape index (κ2) is 6.51. The first-order chi connectivity index (χ1) is 8.20. The van der Waals surface area contributed by atoms with Gasteiger partial charge in [0, 0.05) is 38.4 Å². The number of nitrogens with zero attached hydrogens (tertiary/aromatic N) is 4. The normalized spacial score (nSPS) is 10.4. The molecule has 100 valence electrons. The Balaban J connectivity index is 0.00000162. The molecule has 2 rings (SSSR count). The van der Waals surface area contributed by atoms with Gasteiger partial charge in [-0.25, -0.2) is 4.68 Å². The SMILES string of the molecule is CCn1ncc(CNCc2ccn(C)n2)c1F.Cl. The molecule has 0 radical (unpaired) electrons. The number of hydrogen-bond donors (Lipinski definition) is 1. The molecular formula is C11H17ClFN5. The van der Waals surface area contributed by atoms with Crippen LogP contribution in [0.2, 0.25) is 0 Å². The summed E-state index contributed by atoms with van der Waals surface area (Å²) in [6, 6.07) is 1.93. The summed E-state index contributed by atoms with van der Waals surface area (Å²) in [5.74, 6) is -0.263. The van der Waals surface area contributed by atoms with Gasteiger partial charge in [-0.3, -0.25) is 4.68 Å². The quantitative estimate of drug-likeness (QED) is 0.898. The van der Waals surface area contributed by atoms with E-state index in [0.717, 1.165) is 5.69 Å². The highest BCUT2D eigenvalue weighted by atomic mass is 35.5. The van der Waals surface area contributed by atoms with Crippen LogP contribution in [0, 0.1) is 5.95 Å². The zero-order valence-electron chi connectivity index (χ0n) is 10.4. The zero-order valence-corrected chi connectivity index (χ0v) is 11.2. The van der Waals surface area contributed by atoms with Gasteiger partial charge in [0.2, 0.25) is 5.95 Å². The molecule has 2 heterocycles. The highest BCUT2D eigenvalue weighted by Gasteiger charge is 2.08. The van der Waals surface area contributed by atoms with E-state index < -0.39 is 0 Å². The van der Waals surface area contributed by atoms with E-state index in [1.807, 2.05) is 26.2 Å². The van der Waals surface area contributed by atoms with Crippen LogP contribution >= 0.6 is 12.4 Å². The van der Waals surface area contributed by atoms with Crippen molar-refractivity contribution in [1.82, 2.24) is 24.9 Å².